The molecule has 0 bridgehead atoms. The number of ether oxygens (including phenoxy) is 2. The van der Waals surface area contributed by atoms with E-state index in [4.69, 9.17) is 9.47 Å². The topological polar surface area (TPSA) is 107 Å². The number of aryl methyl sites for hydroxylation is 1. The van der Waals surface area contributed by atoms with E-state index in [1.54, 1.807) is 36.4 Å². The Morgan fingerprint density at radius 2 is 1.50 bits per heavy atom. The number of rotatable bonds is 11. The van der Waals surface area contributed by atoms with Crippen molar-refractivity contribution in [2.24, 2.45) is 11.1 Å². The Hall–Kier alpha value is -4.46. The molecule has 0 aliphatic heterocycles. The molecule has 1 aliphatic rings. The molecule has 1 heterocycles. The first-order chi connectivity index (χ1) is 20.4. The molecule has 8 nitrogen and oxygen atoms in total. The summed E-state index contributed by atoms with van der Waals surface area (Å²) in [4.78, 5) is 38.6. The molecule has 0 radical (unpaired) electrons. The van der Waals surface area contributed by atoms with E-state index in [1.807, 2.05) is 31.2 Å². The zero-order valence-corrected chi connectivity index (χ0v) is 24.1. The summed E-state index contributed by atoms with van der Waals surface area (Å²) in [7, 11) is 0. The lowest BCUT2D eigenvalue weighted by Gasteiger charge is -2.10. The number of oxime groups is 1. The van der Waals surface area contributed by atoms with E-state index in [0.717, 1.165) is 60.3 Å². The molecular formula is C34H36N2O6. The van der Waals surface area contributed by atoms with E-state index in [9.17, 15) is 19.6 Å². The molecule has 4 aromatic rings. The van der Waals surface area contributed by atoms with Crippen LogP contribution in [-0.4, -0.2) is 39.8 Å². The van der Waals surface area contributed by atoms with Gasteiger partial charge in [0.05, 0.1) is 6.61 Å². The average Bonchev–Trinajstić information content (AvgIpc) is 3.64. The van der Waals surface area contributed by atoms with Crippen LogP contribution in [0, 0.1) is 5.92 Å². The zero-order valence-electron chi connectivity index (χ0n) is 24.1. The van der Waals surface area contributed by atoms with E-state index in [0.29, 0.717) is 47.9 Å². The first-order valence-electron chi connectivity index (χ1n) is 14.7. The molecule has 5 rings (SSSR count). The average molecular weight is 569 g/mol. The quantitative estimate of drug-likeness (QED) is 0.0374. The van der Waals surface area contributed by atoms with Crippen molar-refractivity contribution in [3.05, 3.63) is 77.4 Å². The Labute approximate surface area is 244 Å². The molecule has 0 unspecified atom stereocenters. The highest BCUT2D eigenvalue weighted by atomic mass is 16.7. The molecule has 0 saturated heterocycles. The van der Waals surface area contributed by atoms with E-state index < -0.39 is 6.16 Å². The zero-order chi connectivity index (χ0) is 29.6. The maximum atomic E-state index is 13.4. The van der Waals surface area contributed by atoms with Gasteiger partial charge in [0, 0.05) is 45.0 Å². The standard InChI is InChI=1S/C34H36N2O6/c1-3-5-18-41-34(39)42-26-14-10-23(11-15-26)32(37)24-12-16-30-27(20-24)28-21-25(13-17-31(28)36(30)4-2)33(38)29(35-40)19-22-8-6-7-9-22/h10-17,20-22,40H,3-9,18-19H2,1-2H3/b35-29+. The molecule has 0 atom stereocenters. The highest BCUT2D eigenvalue weighted by Crippen LogP contribution is 2.33. The fourth-order valence-electron chi connectivity index (χ4n) is 5.83. The van der Waals surface area contributed by atoms with Crippen LogP contribution in [0.2, 0.25) is 0 Å². The molecule has 1 fully saturated rings. The highest BCUT2D eigenvalue weighted by Gasteiger charge is 2.24. The molecule has 218 valence electrons. The number of benzene rings is 3. The van der Waals surface area contributed by atoms with Gasteiger partial charge in [-0.3, -0.25) is 9.59 Å². The summed E-state index contributed by atoms with van der Waals surface area (Å²) in [5, 5.41) is 14.8. The minimum Gasteiger partial charge on any atom is -0.434 e. The van der Waals surface area contributed by atoms with Crippen molar-refractivity contribution >= 4 is 45.2 Å². The predicted molar refractivity (Wildman–Crippen MR) is 162 cm³/mol. The minimum atomic E-state index is -0.769. The minimum absolute atomic E-state index is 0.176. The van der Waals surface area contributed by atoms with Crippen molar-refractivity contribution in [3.63, 3.8) is 0 Å². The molecule has 1 aromatic heterocycles. The summed E-state index contributed by atoms with van der Waals surface area (Å²) < 4.78 is 12.4. The second-order valence-corrected chi connectivity index (χ2v) is 10.8. The second-order valence-electron chi connectivity index (χ2n) is 10.8. The van der Waals surface area contributed by atoms with Gasteiger partial charge in [0.1, 0.15) is 11.5 Å². The van der Waals surface area contributed by atoms with Crippen molar-refractivity contribution in [1.29, 1.82) is 0 Å². The number of aromatic nitrogens is 1. The Kier molecular flexibility index (Phi) is 9.00. The van der Waals surface area contributed by atoms with Gasteiger partial charge in [-0.15, -0.1) is 0 Å². The lowest BCUT2D eigenvalue weighted by molar-refractivity contribution is 0.0977. The molecule has 1 saturated carbocycles. The first-order valence-corrected chi connectivity index (χ1v) is 14.7. The fraction of sp³-hybridized carbons (Fsp3) is 0.353. The van der Waals surface area contributed by atoms with E-state index in [2.05, 4.69) is 16.6 Å². The summed E-state index contributed by atoms with van der Waals surface area (Å²) >= 11 is 0. The Bertz CT molecular complexity index is 1640. The second kappa shape index (κ2) is 13.0. The van der Waals surface area contributed by atoms with E-state index in [-0.39, 0.29) is 17.3 Å². The summed E-state index contributed by atoms with van der Waals surface area (Å²) in [6.07, 6.45) is 5.77. The summed E-state index contributed by atoms with van der Waals surface area (Å²) in [5.74, 6) is 0.224. The number of nitrogens with zero attached hydrogens (tertiary/aromatic N) is 2. The highest BCUT2D eigenvalue weighted by molar-refractivity contribution is 6.46. The molecule has 1 N–H and O–H groups in total. The van der Waals surface area contributed by atoms with Crippen LogP contribution in [-0.2, 0) is 11.3 Å². The number of fused-ring (bicyclic) bond motifs is 3. The number of carbonyl (C=O) groups excluding carboxylic acids is 3. The van der Waals surface area contributed by atoms with E-state index >= 15 is 0 Å². The fourth-order valence-corrected chi connectivity index (χ4v) is 5.83. The number of hydrogen-bond donors (Lipinski definition) is 1. The van der Waals surface area contributed by atoms with Gasteiger partial charge in [-0.1, -0.05) is 44.2 Å². The van der Waals surface area contributed by atoms with Gasteiger partial charge in [-0.05, 0) is 86.3 Å². The number of ketones is 2. The number of unbranched alkanes of at least 4 members (excludes halogenated alkanes) is 1. The van der Waals surface area contributed by atoms with Gasteiger partial charge < -0.3 is 19.2 Å². The molecule has 1 aliphatic carbocycles. The van der Waals surface area contributed by atoms with Crippen LogP contribution in [0.4, 0.5) is 4.79 Å². The predicted octanol–water partition coefficient (Wildman–Crippen LogP) is 7.95. The Balaban J connectivity index is 1.42. The van der Waals surface area contributed by atoms with Gasteiger partial charge in [0.15, 0.2) is 5.78 Å². The largest absolute Gasteiger partial charge is 0.513 e. The summed E-state index contributed by atoms with van der Waals surface area (Å²) in [6, 6.07) is 17.5. The molecular weight excluding hydrogens is 532 g/mol. The van der Waals surface area contributed by atoms with E-state index in [1.165, 1.54) is 0 Å². The van der Waals surface area contributed by atoms with Crippen molar-refractivity contribution in [2.45, 2.75) is 65.3 Å². The van der Waals surface area contributed by atoms with Gasteiger partial charge >= 0.3 is 6.16 Å². The lowest BCUT2D eigenvalue weighted by atomic mass is 9.95. The van der Waals surface area contributed by atoms with Gasteiger partial charge in [0.25, 0.3) is 0 Å². The van der Waals surface area contributed by atoms with Gasteiger partial charge in [-0.25, -0.2) is 4.79 Å². The third-order valence-electron chi connectivity index (χ3n) is 8.08. The third kappa shape index (κ3) is 6.08. The maximum Gasteiger partial charge on any atom is 0.513 e. The van der Waals surface area contributed by atoms with Crippen LogP contribution in [0.5, 0.6) is 5.75 Å². The van der Waals surface area contributed by atoms with Crippen LogP contribution in [0.25, 0.3) is 21.8 Å². The lowest BCUT2D eigenvalue weighted by Crippen LogP contribution is -2.17. The molecule has 3 aromatic carbocycles. The smallest absolute Gasteiger partial charge is 0.434 e. The first kappa shape index (κ1) is 29.0. The molecule has 8 heteroatoms. The third-order valence-corrected chi connectivity index (χ3v) is 8.08. The van der Waals surface area contributed by atoms with Crippen LogP contribution < -0.4 is 4.74 Å². The van der Waals surface area contributed by atoms with Crippen molar-refractivity contribution < 1.29 is 29.1 Å². The van der Waals surface area contributed by atoms with Crippen molar-refractivity contribution in [3.8, 4) is 5.75 Å². The van der Waals surface area contributed by atoms with Crippen LogP contribution >= 0.6 is 0 Å². The normalized spacial score (nSPS) is 14.0. The number of carbonyl (C=O) groups is 3. The monoisotopic (exact) mass is 568 g/mol. The molecule has 0 amide bonds. The van der Waals surface area contributed by atoms with Crippen LogP contribution in [0.15, 0.2) is 65.8 Å². The maximum absolute atomic E-state index is 13.4. The number of Topliss-reactive ketones (excluding diaryl/α,β-unsaturated/α-hetero) is 1. The SMILES string of the molecule is CCCCOC(=O)Oc1ccc(C(=O)c2ccc3c(c2)c2cc(C(=O)/C(CC4CCCC4)=N/O)ccc2n3CC)cc1. The molecule has 42 heavy (non-hydrogen) atoms. The Morgan fingerprint density at radius 3 is 2.12 bits per heavy atom. The Morgan fingerprint density at radius 1 is 0.881 bits per heavy atom. The van der Waals surface area contributed by atoms with Gasteiger partial charge in [-0.2, -0.15) is 0 Å². The van der Waals surface area contributed by atoms with Gasteiger partial charge in [0.2, 0.25) is 5.78 Å². The summed E-state index contributed by atoms with van der Waals surface area (Å²) in [6.45, 7) is 5.07. The molecule has 0 spiro atoms. The summed E-state index contributed by atoms with van der Waals surface area (Å²) in [5.41, 5.74) is 3.52. The van der Waals surface area contributed by atoms with Crippen molar-refractivity contribution in [1.82, 2.24) is 4.57 Å². The van der Waals surface area contributed by atoms with Crippen LogP contribution in [0.3, 0.4) is 0 Å². The van der Waals surface area contributed by atoms with Crippen LogP contribution in [0.1, 0.15) is 85.1 Å². The number of hydrogen-bond acceptors (Lipinski definition) is 7. The van der Waals surface area contributed by atoms with Crippen molar-refractivity contribution in [2.75, 3.05) is 6.61 Å².